The van der Waals surface area contributed by atoms with Gasteiger partial charge >= 0.3 is 0 Å². The van der Waals surface area contributed by atoms with Gasteiger partial charge in [-0.05, 0) is 41.7 Å². The molecule has 3 nitrogen and oxygen atoms in total. The van der Waals surface area contributed by atoms with Gasteiger partial charge in [-0.25, -0.2) is 4.72 Å². The summed E-state index contributed by atoms with van der Waals surface area (Å²) in [5.74, 6) is 2.10. The predicted molar refractivity (Wildman–Crippen MR) is 80.4 cm³/mol. The highest BCUT2D eigenvalue weighted by atomic mass is 32.3. The molecule has 1 aromatic carbocycles. The molecule has 0 aromatic heterocycles. The number of rotatable bonds is 4. The monoisotopic (exact) mass is 287 g/mol. The summed E-state index contributed by atoms with van der Waals surface area (Å²) in [6.07, 6.45) is 2.37. The molecule has 18 heavy (non-hydrogen) atoms. The van der Waals surface area contributed by atoms with Crippen molar-refractivity contribution in [1.82, 2.24) is 4.72 Å². The molecular weight excluding hydrogens is 266 g/mol. The predicted octanol–water partition coefficient (Wildman–Crippen LogP) is 4.06. The highest BCUT2D eigenvalue weighted by molar-refractivity contribution is 8.21. The Hall–Kier alpha value is -0.200. The van der Waals surface area contributed by atoms with Crippen molar-refractivity contribution in [3.05, 3.63) is 29.3 Å². The molecule has 0 saturated carbocycles. The second-order valence-electron chi connectivity index (χ2n) is 4.63. The van der Waals surface area contributed by atoms with Crippen molar-refractivity contribution >= 4 is 22.5 Å². The summed E-state index contributed by atoms with van der Waals surface area (Å²) in [6.45, 7) is 2.22. The first-order valence-corrected chi connectivity index (χ1v) is 8.96. The van der Waals surface area contributed by atoms with Gasteiger partial charge < -0.3 is 0 Å². The average molecular weight is 287 g/mol. The van der Waals surface area contributed by atoms with Gasteiger partial charge in [0.05, 0.1) is 5.75 Å². The van der Waals surface area contributed by atoms with Gasteiger partial charge in [0, 0.05) is 11.9 Å². The molecule has 1 unspecified atom stereocenters. The van der Waals surface area contributed by atoms with Gasteiger partial charge in [-0.2, -0.15) is 0 Å². The Bertz CT molecular complexity index is 423. The summed E-state index contributed by atoms with van der Waals surface area (Å²) >= 11 is 1.91. The van der Waals surface area contributed by atoms with Crippen molar-refractivity contribution in [2.24, 2.45) is 0 Å². The summed E-state index contributed by atoms with van der Waals surface area (Å²) < 4.78 is 22.0. The highest BCUT2D eigenvalue weighted by Gasteiger charge is 2.20. The van der Waals surface area contributed by atoms with E-state index in [4.69, 9.17) is 0 Å². The van der Waals surface area contributed by atoms with Gasteiger partial charge in [-0.15, -0.1) is 22.5 Å². The minimum Gasteiger partial charge on any atom is -0.285 e. The van der Waals surface area contributed by atoms with E-state index in [1.165, 1.54) is 22.6 Å². The van der Waals surface area contributed by atoms with E-state index < -0.39 is 10.8 Å². The quantitative estimate of drug-likeness (QED) is 0.781. The Labute approximate surface area is 115 Å². The molecule has 5 heteroatoms. The minimum absolute atomic E-state index is 0.290. The number of hydrogen-bond donors (Lipinski definition) is 3. The normalized spacial score (nSPS) is 20.6. The summed E-state index contributed by atoms with van der Waals surface area (Å²) in [6, 6.07) is 6.29. The van der Waals surface area contributed by atoms with E-state index in [-0.39, 0.29) is 5.75 Å². The van der Waals surface area contributed by atoms with Crippen LogP contribution in [0.4, 0.5) is 0 Å². The maximum Gasteiger partial charge on any atom is 0.0778 e. The molecule has 0 bridgehead atoms. The van der Waals surface area contributed by atoms with Crippen molar-refractivity contribution in [2.45, 2.75) is 36.3 Å². The zero-order valence-electron chi connectivity index (χ0n) is 10.8. The molecule has 1 aromatic rings. The highest BCUT2D eigenvalue weighted by Crippen LogP contribution is 2.42. The molecule has 0 amide bonds. The number of thioether (sulfide) groups is 1. The van der Waals surface area contributed by atoms with Gasteiger partial charge in [0.2, 0.25) is 0 Å². The molecule has 0 saturated heterocycles. The number of hydrogen-bond acceptors (Lipinski definition) is 4. The Balaban J connectivity index is 2.25. The largest absolute Gasteiger partial charge is 0.285 e. The zero-order valence-corrected chi connectivity index (χ0v) is 12.5. The molecule has 0 spiro atoms. The summed E-state index contributed by atoms with van der Waals surface area (Å²) in [5, 5.41) is 0. The molecule has 1 atom stereocenters. The smallest absolute Gasteiger partial charge is 0.0778 e. The van der Waals surface area contributed by atoms with Crippen LogP contribution in [0.3, 0.4) is 0 Å². The van der Waals surface area contributed by atoms with Crippen molar-refractivity contribution in [3.8, 4) is 0 Å². The molecule has 1 aliphatic rings. The molecule has 2 rings (SSSR count). The number of benzene rings is 1. The first-order valence-electron chi connectivity index (χ1n) is 6.25. The fourth-order valence-corrected chi connectivity index (χ4v) is 4.30. The Morgan fingerprint density at radius 1 is 1.44 bits per heavy atom. The second kappa shape index (κ2) is 5.84. The third-order valence-corrected chi connectivity index (χ3v) is 5.94. The average Bonchev–Trinajstić information content (AvgIpc) is 2.37. The van der Waals surface area contributed by atoms with Gasteiger partial charge in [-0.3, -0.25) is 9.11 Å². The summed E-state index contributed by atoms with van der Waals surface area (Å²) in [7, 11) is -1.10. The first-order chi connectivity index (χ1) is 8.55. The van der Waals surface area contributed by atoms with Gasteiger partial charge in [-0.1, -0.05) is 19.1 Å². The lowest BCUT2D eigenvalue weighted by Gasteiger charge is -2.32. The lowest BCUT2D eigenvalue weighted by Crippen LogP contribution is -2.17. The number of fused-ring (bicyclic) bond motifs is 1. The van der Waals surface area contributed by atoms with E-state index in [2.05, 4.69) is 23.8 Å². The molecule has 1 aliphatic heterocycles. The van der Waals surface area contributed by atoms with Crippen molar-refractivity contribution in [1.29, 1.82) is 0 Å². The van der Waals surface area contributed by atoms with Crippen LogP contribution in [0.1, 0.15) is 36.8 Å². The first kappa shape index (κ1) is 14.2. The summed E-state index contributed by atoms with van der Waals surface area (Å²) in [5.41, 5.74) is 2.39. The van der Waals surface area contributed by atoms with Crippen LogP contribution in [-0.4, -0.2) is 21.9 Å². The van der Waals surface area contributed by atoms with E-state index >= 15 is 0 Å². The minimum atomic E-state index is -2.68. The fraction of sp³-hybridized carbons (Fsp3) is 0.538. The molecule has 102 valence electrons. The van der Waals surface area contributed by atoms with Crippen LogP contribution in [-0.2, 0) is 5.75 Å². The molecule has 0 radical (unpaired) electrons. The van der Waals surface area contributed by atoms with E-state index in [1.54, 1.807) is 7.05 Å². The molecule has 0 fully saturated rings. The summed E-state index contributed by atoms with van der Waals surface area (Å²) in [4.78, 5) is 1.36. The van der Waals surface area contributed by atoms with Crippen LogP contribution in [0.15, 0.2) is 23.1 Å². The van der Waals surface area contributed by atoms with E-state index in [1.807, 2.05) is 17.8 Å². The van der Waals surface area contributed by atoms with Crippen LogP contribution < -0.4 is 4.72 Å². The third kappa shape index (κ3) is 3.22. The van der Waals surface area contributed by atoms with Crippen LogP contribution >= 0.6 is 22.5 Å². The standard InChI is InChI=1S/C13H21NO2S2/c1-3-11-6-7-17-13-5-4-10(8-12(11)13)9-18(15,16)14-2/h4-5,8,11,14-16H,3,6-7,9H2,1-2H3. The van der Waals surface area contributed by atoms with Gasteiger partial charge in [0.25, 0.3) is 0 Å². The van der Waals surface area contributed by atoms with E-state index in [9.17, 15) is 9.11 Å². The Morgan fingerprint density at radius 3 is 2.89 bits per heavy atom. The topological polar surface area (TPSA) is 52.5 Å². The Kier molecular flexibility index (Phi) is 4.61. The van der Waals surface area contributed by atoms with E-state index in [0.717, 1.165) is 12.0 Å². The van der Waals surface area contributed by atoms with Crippen LogP contribution in [0.2, 0.25) is 0 Å². The maximum absolute atomic E-state index is 9.73. The third-order valence-electron chi connectivity index (χ3n) is 3.43. The maximum atomic E-state index is 9.73. The molecular formula is C13H21NO2S2. The van der Waals surface area contributed by atoms with Crippen molar-refractivity contribution in [2.75, 3.05) is 12.8 Å². The SMILES string of the molecule is CCC1CCSc2ccc(CS(O)(O)NC)cc21. The van der Waals surface area contributed by atoms with Crippen LogP contribution in [0.25, 0.3) is 0 Å². The molecule has 0 aliphatic carbocycles. The van der Waals surface area contributed by atoms with Crippen molar-refractivity contribution < 1.29 is 9.11 Å². The second-order valence-corrected chi connectivity index (χ2v) is 7.80. The van der Waals surface area contributed by atoms with Crippen LogP contribution in [0, 0.1) is 0 Å². The lowest BCUT2D eigenvalue weighted by molar-refractivity contribution is 0.475. The van der Waals surface area contributed by atoms with Gasteiger partial charge in [0.15, 0.2) is 0 Å². The lowest BCUT2D eigenvalue weighted by atomic mass is 9.92. The Morgan fingerprint density at radius 2 is 2.22 bits per heavy atom. The zero-order chi connectivity index (χ0) is 13.2. The number of nitrogens with one attached hydrogen (secondary N) is 1. The van der Waals surface area contributed by atoms with Gasteiger partial charge in [0.1, 0.15) is 0 Å². The van der Waals surface area contributed by atoms with Crippen LogP contribution in [0.5, 0.6) is 0 Å². The molecule has 1 heterocycles. The fourth-order valence-electron chi connectivity index (χ4n) is 2.33. The van der Waals surface area contributed by atoms with E-state index in [0.29, 0.717) is 5.92 Å². The molecule has 3 N–H and O–H groups in total. The van der Waals surface area contributed by atoms with Crippen molar-refractivity contribution in [3.63, 3.8) is 0 Å².